The normalized spacial score (nSPS) is 35.7. The molecule has 5 atom stereocenters. The van der Waals surface area contributed by atoms with E-state index in [1.807, 2.05) is 0 Å². The van der Waals surface area contributed by atoms with Crippen LogP contribution < -0.4 is 21.7 Å². The summed E-state index contributed by atoms with van der Waals surface area (Å²) >= 11 is 0. The molecule has 96 valence electrons. The van der Waals surface area contributed by atoms with Gasteiger partial charge in [0, 0.05) is 6.21 Å². The number of nitrogens with one attached hydrogen (secondary N) is 3. The summed E-state index contributed by atoms with van der Waals surface area (Å²) in [5.41, 5.74) is 5.97. The van der Waals surface area contributed by atoms with Crippen molar-refractivity contribution in [3.63, 3.8) is 0 Å². The Morgan fingerprint density at radius 1 is 1.41 bits per heavy atom. The summed E-state index contributed by atoms with van der Waals surface area (Å²) in [6.07, 6.45) is -2.00. The second kappa shape index (κ2) is 4.59. The Kier molecular flexibility index (Phi) is 3.31. The van der Waals surface area contributed by atoms with Gasteiger partial charge in [0.15, 0.2) is 6.23 Å². The SMILES string of the molecule is CC(O)C(O)C1C=NC2=C(NC(N)NC2O)N1. The van der Waals surface area contributed by atoms with Crippen LogP contribution in [0.15, 0.2) is 16.5 Å². The number of rotatable bonds is 2. The molecule has 17 heavy (non-hydrogen) atoms. The minimum absolute atomic E-state index is 0.376. The van der Waals surface area contributed by atoms with Crippen molar-refractivity contribution in [1.82, 2.24) is 16.0 Å². The molecule has 5 unspecified atom stereocenters. The van der Waals surface area contributed by atoms with E-state index in [0.29, 0.717) is 11.5 Å². The lowest BCUT2D eigenvalue weighted by molar-refractivity contribution is 0.0213. The van der Waals surface area contributed by atoms with Gasteiger partial charge in [-0.1, -0.05) is 0 Å². The fourth-order valence-electron chi connectivity index (χ4n) is 1.75. The summed E-state index contributed by atoms with van der Waals surface area (Å²) < 4.78 is 0. The number of nitrogens with two attached hydrogens (primary N) is 1. The van der Waals surface area contributed by atoms with Gasteiger partial charge in [-0.05, 0) is 6.92 Å². The molecule has 2 aliphatic heterocycles. The molecule has 0 aliphatic carbocycles. The van der Waals surface area contributed by atoms with Gasteiger partial charge in [0.25, 0.3) is 0 Å². The topological polar surface area (TPSA) is 135 Å². The van der Waals surface area contributed by atoms with E-state index in [1.165, 1.54) is 13.1 Å². The molecular formula is C9H17N5O3. The fraction of sp³-hybridized carbons (Fsp3) is 0.667. The zero-order valence-electron chi connectivity index (χ0n) is 9.33. The van der Waals surface area contributed by atoms with Crippen molar-refractivity contribution in [1.29, 1.82) is 0 Å². The minimum atomic E-state index is -0.988. The molecule has 8 N–H and O–H groups in total. The maximum Gasteiger partial charge on any atom is 0.154 e. The van der Waals surface area contributed by atoms with E-state index in [4.69, 9.17) is 5.73 Å². The van der Waals surface area contributed by atoms with Crippen molar-refractivity contribution in [3.8, 4) is 0 Å². The third-order valence-corrected chi connectivity index (χ3v) is 2.70. The average Bonchev–Trinajstić information content (AvgIpc) is 2.26. The van der Waals surface area contributed by atoms with Crippen LogP contribution in [-0.4, -0.2) is 52.3 Å². The van der Waals surface area contributed by atoms with Gasteiger partial charge in [-0.25, -0.2) is 0 Å². The quantitative estimate of drug-likeness (QED) is 0.270. The van der Waals surface area contributed by atoms with Crippen molar-refractivity contribution in [2.24, 2.45) is 10.7 Å². The molecule has 2 rings (SSSR count). The molecule has 0 radical (unpaired) electrons. The van der Waals surface area contributed by atoms with E-state index >= 15 is 0 Å². The second-order valence-corrected chi connectivity index (χ2v) is 4.13. The number of nitrogens with zero attached hydrogens (tertiary/aromatic N) is 1. The molecular weight excluding hydrogens is 226 g/mol. The van der Waals surface area contributed by atoms with Crippen LogP contribution in [0.1, 0.15) is 6.92 Å². The van der Waals surface area contributed by atoms with Gasteiger partial charge < -0.3 is 26.0 Å². The van der Waals surface area contributed by atoms with E-state index in [1.54, 1.807) is 0 Å². The lowest BCUT2D eigenvalue weighted by atomic mass is 10.1. The van der Waals surface area contributed by atoms with Gasteiger partial charge in [-0.3, -0.25) is 16.0 Å². The van der Waals surface area contributed by atoms with Crippen LogP contribution in [-0.2, 0) is 0 Å². The molecule has 8 nitrogen and oxygen atoms in total. The maximum absolute atomic E-state index is 9.71. The van der Waals surface area contributed by atoms with E-state index in [0.717, 1.165) is 0 Å². The highest BCUT2D eigenvalue weighted by atomic mass is 16.3. The van der Waals surface area contributed by atoms with Gasteiger partial charge >= 0.3 is 0 Å². The number of hydrogen-bond acceptors (Lipinski definition) is 8. The Morgan fingerprint density at radius 2 is 2.12 bits per heavy atom. The number of aliphatic imine (C=N–C) groups is 1. The summed E-state index contributed by atoms with van der Waals surface area (Å²) in [5.74, 6) is 0.455. The fourth-order valence-corrected chi connectivity index (χ4v) is 1.75. The first-order valence-corrected chi connectivity index (χ1v) is 5.36. The molecule has 0 aromatic rings. The molecule has 0 saturated heterocycles. The first-order chi connectivity index (χ1) is 7.99. The Balaban J connectivity index is 2.13. The summed E-state index contributed by atoms with van der Waals surface area (Å²) in [4.78, 5) is 4.04. The van der Waals surface area contributed by atoms with Crippen LogP contribution in [0.4, 0.5) is 0 Å². The lowest BCUT2D eigenvalue weighted by Crippen LogP contribution is -2.62. The van der Waals surface area contributed by atoms with Crippen LogP contribution in [0.25, 0.3) is 0 Å². The first-order valence-electron chi connectivity index (χ1n) is 5.36. The van der Waals surface area contributed by atoms with Crippen molar-refractivity contribution in [3.05, 3.63) is 11.5 Å². The standard InChI is InChI=1S/C9H17N5O3/c1-3(15)6(16)4-2-11-5-7(12-4)13-9(10)14-8(5)17/h2-4,6,8-9,12-17H,10H2,1H3. The average molecular weight is 243 g/mol. The zero-order valence-corrected chi connectivity index (χ0v) is 9.33. The third-order valence-electron chi connectivity index (χ3n) is 2.70. The summed E-state index contributed by atoms with van der Waals surface area (Å²) in [7, 11) is 0. The molecule has 0 fully saturated rings. The molecule has 0 bridgehead atoms. The van der Waals surface area contributed by atoms with E-state index < -0.39 is 30.8 Å². The predicted molar refractivity (Wildman–Crippen MR) is 60.4 cm³/mol. The first kappa shape index (κ1) is 12.3. The van der Waals surface area contributed by atoms with E-state index in [9.17, 15) is 15.3 Å². The summed E-state index contributed by atoms with van der Waals surface area (Å²) in [6, 6.07) is -0.529. The Hall–Kier alpha value is -1.19. The third kappa shape index (κ3) is 2.40. The zero-order chi connectivity index (χ0) is 12.6. The summed E-state index contributed by atoms with van der Waals surface area (Å²) in [6.45, 7) is 1.49. The van der Waals surface area contributed by atoms with Crippen LogP contribution >= 0.6 is 0 Å². The van der Waals surface area contributed by atoms with Crippen molar-refractivity contribution >= 4 is 6.21 Å². The van der Waals surface area contributed by atoms with Gasteiger partial charge in [0.1, 0.15) is 23.9 Å². The second-order valence-electron chi connectivity index (χ2n) is 4.13. The molecule has 0 aromatic heterocycles. The molecule has 0 spiro atoms. The molecule has 2 heterocycles. The molecule has 0 amide bonds. The lowest BCUT2D eigenvalue weighted by Gasteiger charge is -2.36. The highest BCUT2D eigenvalue weighted by Crippen LogP contribution is 2.15. The van der Waals surface area contributed by atoms with Gasteiger partial charge in [0.2, 0.25) is 0 Å². The Morgan fingerprint density at radius 3 is 2.76 bits per heavy atom. The van der Waals surface area contributed by atoms with Crippen molar-refractivity contribution < 1.29 is 15.3 Å². The minimum Gasteiger partial charge on any atom is -0.391 e. The number of aliphatic hydroxyl groups is 3. The van der Waals surface area contributed by atoms with E-state index in [-0.39, 0.29) is 0 Å². The van der Waals surface area contributed by atoms with Gasteiger partial charge in [-0.2, -0.15) is 0 Å². The monoisotopic (exact) mass is 243 g/mol. The maximum atomic E-state index is 9.71. The molecule has 2 aliphatic rings. The van der Waals surface area contributed by atoms with Crippen LogP contribution in [0, 0.1) is 0 Å². The highest BCUT2D eigenvalue weighted by molar-refractivity contribution is 5.69. The van der Waals surface area contributed by atoms with E-state index in [2.05, 4.69) is 20.9 Å². The van der Waals surface area contributed by atoms with Crippen LogP contribution in [0.3, 0.4) is 0 Å². The molecule has 0 aromatic carbocycles. The molecule has 0 saturated carbocycles. The largest absolute Gasteiger partial charge is 0.391 e. The van der Waals surface area contributed by atoms with Gasteiger partial charge in [-0.15, -0.1) is 0 Å². The Labute approximate surface area is 98.2 Å². The van der Waals surface area contributed by atoms with Crippen molar-refractivity contribution in [2.45, 2.75) is 37.7 Å². The Bertz CT molecular complexity index is 357. The highest BCUT2D eigenvalue weighted by Gasteiger charge is 2.31. The number of hydrogen-bond donors (Lipinski definition) is 7. The van der Waals surface area contributed by atoms with Crippen molar-refractivity contribution in [2.75, 3.05) is 0 Å². The molecule has 8 heteroatoms. The van der Waals surface area contributed by atoms with Crippen LogP contribution in [0.5, 0.6) is 0 Å². The number of aliphatic hydroxyl groups excluding tert-OH is 3. The smallest absolute Gasteiger partial charge is 0.154 e. The summed E-state index contributed by atoms with van der Waals surface area (Å²) in [5, 5.41) is 37.1. The van der Waals surface area contributed by atoms with Crippen LogP contribution in [0.2, 0.25) is 0 Å². The van der Waals surface area contributed by atoms with Gasteiger partial charge in [0.05, 0.1) is 12.1 Å². The predicted octanol–water partition coefficient (Wildman–Crippen LogP) is -3.31.